The summed E-state index contributed by atoms with van der Waals surface area (Å²) < 4.78 is 5.03. The fourth-order valence-electron chi connectivity index (χ4n) is 3.56. The van der Waals surface area contributed by atoms with Crippen molar-refractivity contribution in [1.29, 1.82) is 5.26 Å². The molecule has 4 rings (SSSR count). The number of benzene rings is 1. The number of carbonyl (C=O) groups is 1. The molecular formula is C18H19BrN4OS2. The molecule has 2 aliphatic carbocycles. The zero-order valence-corrected chi connectivity index (χ0v) is 17.3. The van der Waals surface area contributed by atoms with Crippen molar-refractivity contribution >= 4 is 50.9 Å². The zero-order valence-electron chi connectivity index (χ0n) is 14.1. The molecule has 2 amide bonds. The molecule has 0 unspecified atom stereocenters. The van der Waals surface area contributed by atoms with E-state index < -0.39 is 0 Å². The largest absolute Gasteiger partial charge is 0.337 e. The molecule has 1 aromatic carbocycles. The Morgan fingerprint density at radius 3 is 2.35 bits per heavy atom. The van der Waals surface area contributed by atoms with Gasteiger partial charge in [0.05, 0.1) is 8.00 Å². The first kappa shape index (κ1) is 19.1. The fraction of sp³-hybridized carbons (Fsp3) is 0.333. The Hall–Kier alpha value is -1.69. The molecule has 4 N–H and O–H groups in total. The Balaban J connectivity index is 0.000000613. The lowest BCUT2D eigenvalue weighted by Gasteiger charge is -2.16. The molecule has 5 nitrogen and oxygen atoms in total. The van der Waals surface area contributed by atoms with E-state index in [0.717, 1.165) is 39.4 Å². The van der Waals surface area contributed by atoms with Crippen LogP contribution in [0.5, 0.6) is 0 Å². The highest BCUT2D eigenvalue weighted by Crippen LogP contribution is 2.38. The van der Waals surface area contributed by atoms with Gasteiger partial charge in [-0.1, -0.05) is 6.07 Å². The van der Waals surface area contributed by atoms with Gasteiger partial charge in [0.15, 0.2) is 6.19 Å². The van der Waals surface area contributed by atoms with Gasteiger partial charge >= 0.3 is 6.03 Å². The number of hydrogen-bond donors (Lipinski definition) is 3. The molecule has 0 radical (unpaired) electrons. The Morgan fingerprint density at radius 2 is 1.81 bits per heavy atom. The lowest BCUT2D eigenvalue weighted by atomic mass is 9.99. The third-order valence-corrected chi connectivity index (χ3v) is 7.05. The summed E-state index contributed by atoms with van der Waals surface area (Å²) in [5.41, 5.74) is 10.9. The van der Waals surface area contributed by atoms with E-state index in [4.69, 9.17) is 5.26 Å². The van der Waals surface area contributed by atoms with Crippen molar-refractivity contribution < 1.29 is 4.79 Å². The van der Waals surface area contributed by atoms with Crippen molar-refractivity contribution in [2.45, 2.75) is 42.7 Å². The summed E-state index contributed by atoms with van der Waals surface area (Å²) in [6.45, 7) is 0. The number of amides is 2. The van der Waals surface area contributed by atoms with Crippen LogP contribution >= 0.6 is 39.2 Å². The highest BCUT2D eigenvalue weighted by molar-refractivity contribution is 9.11. The highest BCUT2D eigenvalue weighted by atomic mass is 79.9. The quantitative estimate of drug-likeness (QED) is 0.357. The number of hydrogen-bond acceptors (Lipinski definition) is 5. The van der Waals surface area contributed by atoms with Crippen molar-refractivity contribution in [3.05, 3.63) is 44.2 Å². The summed E-state index contributed by atoms with van der Waals surface area (Å²) in [5.74, 6) is 0. The minimum atomic E-state index is -0.131. The number of carbonyl (C=O) groups excluding carboxylic acids is 1. The van der Waals surface area contributed by atoms with E-state index in [1.54, 1.807) is 11.3 Å². The van der Waals surface area contributed by atoms with Gasteiger partial charge in [0.1, 0.15) is 0 Å². The molecule has 0 fully saturated rings. The SMILES string of the molecule is N#CN.O=C(NSc1ccc(Br)s1)Nc1c2c(cc3c1CCC3)CCC2. The van der Waals surface area contributed by atoms with E-state index in [0.29, 0.717) is 0 Å². The van der Waals surface area contributed by atoms with E-state index >= 15 is 0 Å². The second-order valence-corrected chi connectivity index (χ2v) is 9.65. The molecule has 1 heterocycles. The molecule has 0 bridgehead atoms. The average Bonchev–Trinajstić information content (AvgIpc) is 3.33. The Bertz CT molecular complexity index is 827. The van der Waals surface area contributed by atoms with Crippen LogP contribution in [0.1, 0.15) is 35.1 Å². The number of fused-ring (bicyclic) bond motifs is 2. The molecule has 0 saturated heterocycles. The number of thiophene rings is 1. The number of anilines is 1. The monoisotopic (exact) mass is 450 g/mol. The van der Waals surface area contributed by atoms with Crippen LogP contribution in [0, 0.1) is 11.5 Å². The number of urea groups is 1. The topological polar surface area (TPSA) is 90.9 Å². The maximum absolute atomic E-state index is 12.3. The maximum Gasteiger partial charge on any atom is 0.329 e. The second kappa shape index (κ2) is 8.80. The first-order chi connectivity index (χ1) is 12.6. The molecule has 2 aromatic rings. The Morgan fingerprint density at radius 1 is 1.19 bits per heavy atom. The highest BCUT2D eigenvalue weighted by Gasteiger charge is 2.24. The number of nitrogens with two attached hydrogens (primary N) is 1. The molecule has 0 atom stereocenters. The van der Waals surface area contributed by atoms with E-state index in [1.807, 2.05) is 12.1 Å². The number of nitriles is 1. The predicted molar refractivity (Wildman–Crippen MR) is 110 cm³/mol. The molecular weight excluding hydrogens is 432 g/mol. The molecule has 136 valence electrons. The van der Waals surface area contributed by atoms with Crippen LogP contribution in [0.15, 0.2) is 26.2 Å². The van der Waals surface area contributed by atoms with Crippen molar-refractivity contribution in [2.75, 3.05) is 5.32 Å². The van der Waals surface area contributed by atoms with E-state index in [2.05, 4.69) is 37.8 Å². The van der Waals surface area contributed by atoms with Gasteiger partial charge in [-0.05, 0) is 101 Å². The zero-order chi connectivity index (χ0) is 18.5. The van der Waals surface area contributed by atoms with Crippen LogP contribution in [-0.4, -0.2) is 6.03 Å². The van der Waals surface area contributed by atoms with Gasteiger partial charge in [0.25, 0.3) is 0 Å². The van der Waals surface area contributed by atoms with Crippen LogP contribution in [-0.2, 0) is 25.7 Å². The standard InChI is InChI=1S/C17H17BrN2OS2.CH2N2/c18-14-7-8-15(22-14)23-20-17(21)19-16-12-5-1-3-10(12)9-11-4-2-6-13(11)16;2-1-3/h7-9H,1-6H2,(H2,19,20,21);2H2. The van der Waals surface area contributed by atoms with E-state index in [-0.39, 0.29) is 6.03 Å². The van der Waals surface area contributed by atoms with Crippen molar-refractivity contribution in [1.82, 2.24) is 4.72 Å². The van der Waals surface area contributed by atoms with Crippen LogP contribution < -0.4 is 15.8 Å². The lowest BCUT2D eigenvalue weighted by molar-refractivity contribution is 0.257. The van der Waals surface area contributed by atoms with Gasteiger partial charge < -0.3 is 11.1 Å². The molecule has 2 aliphatic rings. The second-order valence-electron chi connectivity index (χ2n) is 6.08. The molecule has 26 heavy (non-hydrogen) atoms. The molecule has 1 aromatic heterocycles. The smallest absolute Gasteiger partial charge is 0.329 e. The molecule has 0 saturated carbocycles. The van der Waals surface area contributed by atoms with Gasteiger partial charge in [-0.15, -0.1) is 11.3 Å². The summed E-state index contributed by atoms with van der Waals surface area (Å²) in [4.78, 5) is 12.3. The average molecular weight is 451 g/mol. The fourth-order valence-corrected chi connectivity index (χ4v) is 5.94. The number of nitrogens with zero attached hydrogens (tertiary/aromatic N) is 1. The predicted octanol–water partition coefficient (Wildman–Crippen LogP) is 4.74. The van der Waals surface area contributed by atoms with E-state index in [1.165, 1.54) is 53.2 Å². The minimum absolute atomic E-state index is 0.131. The molecule has 8 heteroatoms. The third-order valence-electron chi connectivity index (χ3n) is 4.50. The van der Waals surface area contributed by atoms with Crippen molar-refractivity contribution in [2.24, 2.45) is 5.73 Å². The number of halogens is 1. The Kier molecular flexibility index (Phi) is 6.46. The summed E-state index contributed by atoms with van der Waals surface area (Å²) >= 11 is 6.41. The van der Waals surface area contributed by atoms with Gasteiger partial charge in [0, 0.05) is 5.69 Å². The van der Waals surface area contributed by atoms with Crippen LogP contribution in [0.25, 0.3) is 0 Å². The minimum Gasteiger partial charge on any atom is -0.337 e. The van der Waals surface area contributed by atoms with Gasteiger partial charge in [-0.25, -0.2) is 4.79 Å². The lowest BCUT2D eigenvalue weighted by Crippen LogP contribution is -2.24. The van der Waals surface area contributed by atoms with E-state index in [9.17, 15) is 4.79 Å². The maximum atomic E-state index is 12.3. The summed E-state index contributed by atoms with van der Waals surface area (Å²) in [6.07, 6.45) is 8.12. The Labute approximate surface area is 169 Å². The van der Waals surface area contributed by atoms with Crippen molar-refractivity contribution in [3.63, 3.8) is 0 Å². The van der Waals surface area contributed by atoms with Gasteiger partial charge in [0.2, 0.25) is 0 Å². The molecule has 0 spiro atoms. The first-order valence-corrected chi connectivity index (χ1v) is 10.8. The summed E-state index contributed by atoms with van der Waals surface area (Å²) in [5, 5.41) is 10.2. The van der Waals surface area contributed by atoms with Crippen LogP contribution in [0.3, 0.4) is 0 Å². The van der Waals surface area contributed by atoms with Gasteiger partial charge in [-0.2, -0.15) is 5.26 Å². The van der Waals surface area contributed by atoms with Crippen LogP contribution in [0.2, 0.25) is 0 Å². The third kappa shape index (κ3) is 4.34. The van der Waals surface area contributed by atoms with Crippen LogP contribution in [0.4, 0.5) is 10.5 Å². The summed E-state index contributed by atoms with van der Waals surface area (Å²) in [6, 6.07) is 6.24. The van der Waals surface area contributed by atoms with Crippen molar-refractivity contribution in [3.8, 4) is 6.19 Å². The van der Waals surface area contributed by atoms with Gasteiger partial charge in [-0.3, -0.25) is 4.72 Å². The summed E-state index contributed by atoms with van der Waals surface area (Å²) in [7, 11) is 0. The number of aryl methyl sites for hydroxylation is 2. The number of nitrogens with one attached hydrogen (secondary N) is 2. The molecule has 0 aliphatic heterocycles. The first-order valence-electron chi connectivity index (χ1n) is 8.37. The normalized spacial score (nSPS) is 13.8. The number of rotatable bonds is 3.